The van der Waals surface area contributed by atoms with Gasteiger partial charge in [-0.2, -0.15) is 0 Å². The van der Waals surface area contributed by atoms with Crippen LogP contribution in [0.4, 0.5) is 26.3 Å². The first-order valence-corrected chi connectivity index (χ1v) is 15.3. The molecule has 0 radical (unpaired) electrons. The Hall–Kier alpha value is -5.62. The number of hydrogen-bond acceptors (Lipinski definition) is 0. The van der Waals surface area contributed by atoms with Crippen LogP contribution < -0.4 is 0 Å². The van der Waals surface area contributed by atoms with E-state index in [9.17, 15) is 22.0 Å². The minimum Gasteiger partial charge on any atom is -0.207 e. The molecule has 6 aromatic rings. The van der Waals surface area contributed by atoms with Crippen molar-refractivity contribution in [3.05, 3.63) is 213 Å². The number of benzene rings is 6. The van der Waals surface area contributed by atoms with Crippen molar-refractivity contribution in [3.8, 4) is 0 Å². The van der Waals surface area contributed by atoms with Gasteiger partial charge in [0.05, 0.1) is 5.41 Å². The van der Waals surface area contributed by atoms with E-state index in [2.05, 4.69) is 0 Å². The molecule has 8 rings (SSSR count). The van der Waals surface area contributed by atoms with Crippen LogP contribution in [0, 0.1) is 34.9 Å². The second-order valence-electron chi connectivity index (χ2n) is 12.1. The molecule has 0 bridgehead atoms. The average molecular weight is 643 g/mol. The summed E-state index contributed by atoms with van der Waals surface area (Å²) < 4.78 is 87.9. The van der Waals surface area contributed by atoms with Crippen molar-refractivity contribution >= 4 is 22.3 Å². The highest BCUT2D eigenvalue weighted by molar-refractivity contribution is 6.33. The molecule has 0 spiro atoms. The molecule has 2 atom stereocenters. The maximum Gasteiger partial charge on any atom is 0.123 e. The van der Waals surface area contributed by atoms with Crippen molar-refractivity contribution in [3.63, 3.8) is 0 Å². The third-order valence-corrected chi connectivity index (χ3v) is 9.47. The van der Waals surface area contributed by atoms with E-state index in [4.69, 9.17) is 0 Å². The fourth-order valence-corrected chi connectivity index (χ4v) is 7.69. The van der Waals surface area contributed by atoms with Gasteiger partial charge in [0.15, 0.2) is 0 Å². The largest absolute Gasteiger partial charge is 0.207 e. The Bertz CT molecular complexity index is 2200. The number of fused-ring (bicyclic) bond motifs is 3. The lowest BCUT2D eigenvalue weighted by atomic mass is 9.61. The lowest BCUT2D eigenvalue weighted by Gasteiger charge is -2.39. The zero-order chi connectivity index (χ0) is 33.2. The van der Waals surface area contributed by atoms with Crippen LogP contribution in [-0.4, -0.2) is 0 Å². The zero-order valence-corrected chi connectivity index (χ0v) is 25.1. The molecular formula is C42H24F6. The predicted molar refractivity (Wildman–Crippen MR) is 176 cm³/mol. The van der Waals surface area contributed by atoms with E-state index >= 15 is 4.39 Å². The zero-order valence-electron chi connectivity index (χ0n) is 25.1. The summed E-state index contributed by atoms with van der Waals surface area (Å²) in [6.45, 7) is 0. The van der Waals surface area contributed by atoms with E-state index < -0.39 is 46.2 Å². The average Bonchev–Trinajstić information content (AvgIpc) is 3.54. The first-order valence-electron chi connectivity index (χ1n) is 15.3. The summed E-state index contributed by atoms with van der Waals surface area (Å²) >= 11 is 0. The monoisotopic (exact) mass is 642 g/mol. The Morgan fingerprint density at radius 2 is 0.771 bits per heavy atom. The molecule has 0 amide bonds. The van der Waals surface area contributed by atoms with Gasteiger partial charge in [-0.1, -0.05) is 66.7 Å². The van der Waals surface area contributed by atoms with Crippen molar-refractivity contribution in [1.82, 2.24) is 0 Å². The molecule has 0 nitrogen and oxygen atoms in total. The summed E-state index contributed by atoms with van der Waals surface area (Å²) in [5.41, 5.74) is 5.93. The topological polar surface area (TPSA) is 0 Å². The highest BCUT2D eigenvalue weighted by atomic mass is 19.1. The van der Waals surface area contributed by atoms with Crippen molar-refractivity contribution in [2.75, 3.05) is 0 Å². The van der Waals surface area contributed by atoms with Gasteiger partial charge in [0.2, 0.25) is 0 Å². The van der Waals surface area contributed by atoms with Gasteiger partial charge in [-0.05, 0) is 134 Å². The van der Waals surface area contributed by atoms with E-state index in [1.165, 1.54) is 72.8 Å². The van der Waals surface area contributed by atoms with Crippen molar-refractivity contribution in [2.45, 2.75) is 11.3 Å². The molecule has 2 aliphatic rings. The quantitative estimate of drug-likeness (QED) is 0.164. The molecule has 0 N–H and O–H groups in total. The lowest BCUT2D eigenvalue weighted by molar-refractivity contribution is 0.603. The summed E-state index contributed by atoms with van der Waals surface area (Å²) in [6.07, 6.45) is 0. The molecule has 0 aliphatic heterocycles. The molecule has 0 saturated heterocycles. The maximum atomic E-state index is 15.3. The summed E-state index contributed by atoms with van der Waals surface area (Å²) in [5.74, 6) is -3.46. The van der Waals surface area contributed by atoms with Crippen molar-refractivity contribution in [1.29, 1.82) is 0 Å². The van der Waals surface area contributed by atoms with E-state index in [0.717, 1.165) is 5.57 Å². The molecule has 6 aromatic carbocycles. The Morgan fingerprint density at radius 1 is 0.375 bits per heavy atom. The van der Waals surface area contributed by atoms with Crippen molar-refractivity contribution in [2.24, 2.45) is 0 Å². The normalized spacial score (nSPS) is 18.3. The number of rotatable bonds is 5. The van der Waals surface area contributed by atoms with Crippen LogP contribution in [0.2, 0.25) is 0 Å². The standard InChI is InChI=1S/C42H24F6/c43-29-11-1-24(2-12-29)37-38(25-3-13-30(44)14-4-25)41-35-22-21-34(48)23-36(35)39(26-5-15-31(45)16-6-26)42(41,28-9-19-33(47)20-10-28)40(37)27-7-17-32(46)18-8-27/h1-23,39H/t39-,42+/m1/s1. The van der Waals surface area contributed by atoms with Crippen LogP contribution in [0.3, 0.4) is 0 Å². The van der Waals surface area contributed by atoms with E-state index in [-0.39, 0.29) is 0 Å². The fourth-order valence-electron chi connectivity index (χ4n) is 7.69. The number of hydrogen-bond donors (Lipinski definition) is 0. The molecule has 6 heteroatoms. The highest BCUT2D eigenvalue weighted by Crippen LogP contribution is 2.72. The SMILES string of the molecule is Fc1ccc(C2=C(c3ccc(F)cc3)[C@@]3(c4ccc(F)cc4)C(=C2c2ccc(F)cc2)c2ccc(F)cc2[C@H]3c2ccc(F)cc2)cc1. The molecule has 0 heterocycles. The summed E-state index contributed by atoms with van der Waals surface area (Å²) in [6, 6.07) is 34.5. The fraction of sp³-hybridized carbons (Fsp3) is 0.0476. The van der Waals surface area contributed by atoms with Crippen LogP contribution in [-0.2, 0) is 5.41 Å². The summed E-state index contributed by atoms with van der Waals surface area (Å²) in [5, 5.41) is 0. The van der Waals surface area contributed by atoms with Gasteiger partial charge in [-0.25, -0.2) is 26.3 Å². The van der Waals surface area contributed by atoms with Gasteiger partial charge in [0.1, 0.15) is 34.9 Å². The first kappa shape index (κ1) is 29.8. The number of allylic oxidation sites excluding steroid dienone is 4. The second-order valence-corrected chi connectivity index (χ2v) is 12.1. The minimum atomic E-state index is -1.24. The summed E-state index contributed by atoms with van der Waals surface area (Å²) in [4.78, 5) is 0. The Kier molecular flexibility index (Phi) is 6.99. The van der Waals surface area contributed by atoms with Gasteiger partial charge >= 0.3 is 0 Å². The maximum absolute atomic E-state index is 15.3. The molecular weight excluding hydrogens is 618 g/mol. The van der Waals surface area contributed by atoms with E-state index in [1.807, 2.05) is 0 Å². The van der Waals surface area contributed by atoms with E-state index in [1.54, 1.807) is 66.7 Å². The van der Waals surface area contributed by atoms with Gasteiger partial charge < -0.3 is 0 Å². The molecule has 0 saturated carbocycles. The third kappa shape index (κ3) is 4.54. The van der Waals surface area contributed by atoms with Gasteiger partial charge in [0, 0.05) is 5.92 Å². The Morgan fingerprint density at radius 3 is 1.27 bits per heavy atom. The summed E-state index contributed by atoms with van der Waals surface area (Å²) in [7, 11) is 0. The molecule has 2 aliphatic carbocycles. The van der Waals surface area contributed by atoms with Crippen LogP contribution in [0.5, 0.6) is 0 Å². The van der Waals surface area contributed by atoms with Gasteiger partial charge in [-0.15, -0.1) is 0 Å². The molecule has 48 heavy (non-hydrogen) atoms. The number of halogens is 6. The van der Waals surface area contributed by atoms with Crippen LogP contribution in [0.1, 0.15) is 44.9 Å². The molecule has 234 valence electrons. The lowest BCUT2D eigenvalue weighted by Crippen LogP contribution is -2.32. The predicted octanol–water partition coefficient (Wildman–Crippen LogP) is 11.1. The third-order valence-electron chi connectivity index (χ3n) is 9.47. The minimum absolute atomic E-state index is 0.448. The Balaban J connectivity index is 1.64. The molecule has 0 unspecified atom stereocenters. The van der Waals surface area contributed by atoms with Crippen LogP contribution in [0.15, 0.2) is 140 Å². The molecule has 0 fully saturated rings. The van der Waals surface area contributed by atoms with Gasteiger partial charge in [0.25, 0.3) is 0 Å². The first-order chi connectivity index (χ1) is 23.3. The highest BCUT2D eigenvalue weighted by Gasteiger charge is 2.59. The smallest absolute Gasteiger partial charge is 0.123 e. The van der Waals surface area contributed by atoms with Gasteiger partial charge in [-0.3, -0.25) is 0 Å². The second kappa shape index (κ2) is 11.3. The van der Waals surface area contributed by atoms with Crippen LogP contribution >= 0.6 is 0 Å². The van der Waals surface area contributed by atoms with Crippen LogP contribution in [0.25, 0.3) is 22.3 Å². The van der Waals surface area contributed by atoms with E-state index in [0.29, 0.717) is 55.7 Å². The molecule has 0 aromatic heterocycles. The van der Waals surface area contributed by atoms with Crippen molar-refractivity contribution < 1.29 is 26.3 Å². The Labute approximate surface area is 273 Å².